The molecule has 1 unspecified atom stereocenters. The molecule has 0 bridgehead atoms. The van der Waals surface area contributed by atoms with Gasteiger partial charge in [0.1, 0.15) is 0 Å². The first kappa shape index (κ1) is 10.2. The molecular weight excluding hydrogens is 256 g/mol. The highest BCUT2D eigenvalue weighted by atomic mass is 79.9. The highest BCUT2D eigenvalue weighted by molar-refractivity contribution is 9.10. The standard InChI is InChI=1S/C12H13BrS/c1-3-8(2)11-7-14-12-6-9(13)4-5-10(11)12/h4-8H,3H2,1-2H3. The van der Waals surface area contributed by atoms with Gasteiger partial charge in [0, 0.05) is 9.17 Å². The van der Waals surface area contributed by atoms with Crippen LogP contribution in [0.25, 0.3) is 10.1 Å². The molecule has 0 fully saturated rings. The van der Waals surface area contributed by atoms with Crippen LogP contribution < -0.4 is 0 Å². The van der Waals surface area contributed by atoms with E-state index in [1.54, 1.807) is 0 Å². The highest BCUT2D eigenvalue weighted by Gasteiger charge is 2.09. The van der Waals surface area contributed by atoms with E-state index >= 15 is 0 Å². The summed E-state index contributed by atoms with van der Waals surface area (Å²) in [6.45, 7) is 4.54. The van der Waals surface area contributed by atoms with Gasteiger partial charge in [-0.25, -0.2) is 0 Å². The molecule has 2 heteroatoms. The normalized spacial score (nSPS) is 13.4. The summed E-state index contributed by atoms with van der Waals surface area (Å²) in [4.78, 5) is 0. The van der Waals surface area contributed by atoms with Crippen LogP contribution in [-0.2, 0) is 0 Å². The Morgan fingerprint density at radius 1 is 1.43 bits per heavy atom. The van der Waals surface area contributed by atoms with E-state index < -0.39 is 0 Å². The smallest absolute Gasteiger partial charge is 0.0356 e. The number of hydrogen-bond acceptors (Lipinski definition) is 1. The molecule has 0 radical (unpaired) electrons. The lowest BCUT2D eigenvalue weighted by atomic mass is 9.98. The van der Waals surface area contributed by atoms with Crippen molar-refractivity contribution in [2.45, 2.75) is 26.2 Å². The topological polar surface area (TPSA) is 0 Å². The molecule has 0 amide bonds. The lowest BCUT2D eigenvalue weighted by Crippen LogP contribution is -1.88. The van der Waals surface area contributed by atoms with Gasteiger partial charge in [-0.05, 0) is 40.8 Å². The van der Waals surface area contributed by atoms with Crippen LogP contribution in [0.15, 0.2) is 28.1 Å². The van der Waals surface area contributed by atoms with Gasteiger partial charge in [0.05, 0.1) is 0 Å². The van der Waals surface area contributed by atoms with Gasteiger partial charge in [0.2, 0.25) is 0 Å². The van der Waals surface area contributed by atoms with E-state index in [0.29, 0.717) is 5.92 Å². The molecule has 2 aromatic rings. The Hall–Kier alpha value is -0.340. The maximum Gasteiger partial charge on any atom is 0.0356 e. The van der Waals surface area contributed by atoms with Crippen molar-refractivity contribution in [3.05, 3.63) is 33.6 Å². The van der Waals surface area contributed by atoms with Crippen molar-refractivity contribution in [2.24, 2.45) is 0 Å². The van der Waals surface area contributed by atoms with E-state index in [0.717, 1.165) is 0 Å². The van der Waals surface area contributed by atoms with Crippen LogP contribution in [0.3, 0.4) is 0 Å². The number of fused-ring (bicyclic) bond motifs is 1. The predicted molar refractivity (Wildman–Crippen MR) is 68.2 cm³/mol. The molecule has 0 nitrogen and oxygen atoms in total. The van der Waals surface area contributed by atoms with E-state index in [1.165, 1.54) is 26.5 Å². The second kappa shape index (κ2) is 4.03. The summed E-state index contributed by atoms with van der Waals surface area (Å²) in [6, 6.07) is 6.55. The number of thiophene rings is 1. The fourth-order valence-corrected chi connectivity index (χ4v) is 3.26. The molecule has 1 aromatic heterocycles. The SMILES string of the molecule is CCC(C)c1csc2cc(Br)ccc12. The van der Waals surface area contributed by atoms with Gasteiger partial charge in [-0.2, -0.15) is 0 Å². The van der Waals surface area contributed by atoms with Crippen molar-refractivity contribution in [1.82, 2.24) is 0 Å². The van der Waals surface area contributed by atoms with Crippen molar-refractivity contribution in [1.29, 1.82) is 0 Å². The van der Waals surface area contributed by atoms with Gasteiger partial charge in [0.25, 0.3) is 0 Å². The maximum atomic E-state index is 3.50. The summed E-state index contributed by atoms with van der Waals surface area (Å²) in [5.41, 5.74) is 1.50. The van der Waals surface area contributed by atoms with E-state index in [-0.39, 0.29) is 0 Å². The van der Waals surface area contributed by atoms with Gasteiger partial charge in [-0.3, -0.25) is 0 Å². The van der Waals surface area contributed by atoms with E-state index in [2.05, 4.69) is 53.4 Å². The predicted octanol–water partition coefficient (Wildman–Crippen LogP) is 5.18. The average molecular weight is 269 g/mol. The first-order chi connectivity index (χ1) is 6.72. The van der Waals surface area contributed by atoms with Crippen molar-refractivity contribution < 1.29 is 0 Å². The Kier molecular flexibility index (Phi) is 2.93. The molecule has 0 saturated heterocycles. The van der Waals surface area contributed by atoms with Crippen molar-refractivity contribution >= 4 is 37.4 Å². The molecule has 2 rings (SSSR count). The van der Waals surface area contributed by atoms with Gasteiger partial charge in [0.15, 0.2) is 0 Å². The van der Waals surface area contributed by atoms with Crippen LogP contribution in [0.5, 0.6) is 0 Å². The van der Waals surface area contributed by atoms with Gasteiger partial charge >= 0.3 is 0 Å². The fraction of sp³-hybridized carbons (Fsp3) is 0.333. The minimum Gasteiger partial charge on any atom is -0.143 e. The fourth-order valence-electron chi connectivity index (χ4n) is 1.62. The summed E-state index contributed by atoms with van der Waals surface area (Å²) < 4.78 is 2.55. The van der Waals surface area contributed by atoms with Crippen molar-refractivity contribution in [3.8, 4) is 0 Å². The highest BCUT2D eigenvalue weighted by Crippen LogP contribution is 2.34. The monoisotopic (exact) mass is 268 g/mol. The molecular formula is C12H13BrS. The molecule has 0 saturated carbocycles. The van der Waals surface area contributed by atoms with Crippen LogP contribution in [0, 0.1) is 0 Å². The Morgan fingerprint density at radius 3 is 2.93 bits per heavy atom. The largest absolute Gasteiger partial charge is 0.143 e. The Bertz CT molecular complexity index is 445. The van der Waals surface area contributed by atoms with Crippen LogP contribution in [0.4, 0.5) is 0 Å². The molecule has 14 heavy (non-hydrogen) atoms. The maximum absolute atomic E-state index is 3.50. The zero-order valence-corrected chi connectivity index (χ0v) is 10.8. The van der Waals surface area contributed by atoms with E-state index in [4.69, 9.17) is 0 Å². The summed E-state index contributed by atoms with van der Waals surface area (Å²) in [6.07, 6.45) is 1.21. The molecule has 0 spiro atoms. The Balaban J connectivity index is 2.58. The molecule has 1 atom stereocenters. The second-order valence-electron chi connectivity index (χ2n) is 3.64. The Labute approximate surface area is 97.1 Å². The zero-order valence-electron chi connectivity index (χ0n) is 8.38. The third kappa shape index (κ3) is 1.73. The Morgan fingerprint density at radius 2 is 2.21 bits per heavy atom. The molecule has 0 aliphatic heterocycles. The minimum absolute atomic E-state index is 0.671. The lowest BCUT2D eigenvalue weighted by Gasteiger charge is -2.06. The first-order valence-electron chi connectivity index (χ1n) is 4.89. The van der Waals surface area contributed by atoms with Crippen LogP contribution in [-0.4, -0.2) is 0 Å². The van der Waals surface area contributed by atoms with E-state index in [1.807, 2.05) is 11.3 Å². The third-order valence-electron chi connectivity index (χ3n) is 2.71. The van der Waals surface area contributed by atoms with E-state index in [9.17, 15) is 0 Å². The molecule has 0 aliphatic rings. The average Bonchev–Trinajstić information content (AvgIpc) is 2.59. The number of halogens is 1. The number of rotatable bonds is 2. The molecule has 1 aromatic carbocycles. The summed E-state index contributed by atoms with van der Waals surface area (Å²) in [7, 11) is 0. The summed E-state index contributed by atoms with van der Waals surface area (Å²) in [5.74, 6) is 0.671. The first-order valence-corrected chi connectivity index (χ1v) is 6.56. The molecule has 1 heterocycles. The molecule has 0 N–H and O–H groups in total. The number of benzene rings is 1. The van der Waals surface area contributed by atoms with Crippen LogP contribution >= 0.6 is 27.3 Å². The van der Waals surface area contributed by atoms with Crippen molar-refractivity contribution in [3.63, 3.8) is 0 Å². The van der Waals surface area contributed by atoms with Crippen molar-refractivity contribution in [2.75, 3.05) is 0 Å². The van der Waals surface area contributed by atoms with Crippen LogP contribution in [0.1, 0.15) is 31.7 Å². The lowest BCUT2D eigenvalue weighted by molar-refractivity contribution is 0.742. The van der Waals surface area contributed by atoms with Gasteiger partial charge in [-0.15, -0.1) is 11.3 Å². The van der Waals surface area contributed by atoms with Gasteiger partial charge in [-0.1, -0.05) is 35.8 Å². The summed E-state index contributed by atoms with van der Waals surface area (Å²) in [5, 5.41) is 3.72. The van der Waals surface area contributed by atoms with Gasteiger partial charge < -0.3 is 0 Å². The number of hydrogen-bond donors (Lipinski definition) is 0. The summed E-state index contributed by atoms with van der Waals surface area (Å²) >= 11 is 5.34. The minimum atomic E-state index is 0.671. The third-order valence-corrected chi connectivity index (χ3v) is 4.17. The quantitative estimate of drug-likeness (QED) is 0.704. The molecule has 0 aliphatic carbocycles. The molecule has 74 valence electrons. The second-order valence-corrected chi connectivity index (χ2v) is 5.47. The van der Waals surface area contributed by atoms with Crippen LogP contribution in [0.2, 0.25) is 0 Å². The zero-order chi connectivity index (χ0) is 10.1.